The molecule has 3 heterocycles. The molecule has 0 N–H and O–H groups in total. The molecule has 1 saturated carbocycles. The van der Waals surface area contributed by atoms with Crippen LogP contribution in [0, 0.1) is 12.1 Å². The van der Waals surface area contributed by atoms with Gasteiger partial charge in [0.2, 0.25) is 0 Å². The quantitative estimate of drug-likeness (QED) is 0.166. The summed E-state index contributed by atoms with van der Waals surface area (Å²) in [5.41, 5.74) is 13.7. The molecule has 0 spiro atoms. The summed E-state index contributed by atoms with van der Waals surface area (Å²) in [7, 11) is 0. The molecule has 0 amide bonds. The van der Waals surface area contributed by atoms with Gasteiger partial charge in [0.05, 0.1) is 0 Å². The van der Waals surface area contributed by atoms with Crippen LogP contribution < -0.4 is 0 Å². The predicted molar refractivity (Wildman–Crippen MR) is 206 cm³/mol. The maximum absolute atomic E-state index is 6.01. The second kappa shape index (κ2) is 15.0. The van der Waals surface area contributed by atoms with Crippen LogP contribution in [0.5, 0.6) is 0 Å². The Morgan fingerprint density at radius 1 is 0.510 bits per heavy atom. The Bertz CT molecular complexity index is 2410. The summed E-state index contributed by atoms with van der Waals surface area (Å²) in [6, 6.07) is 52.7. The maximum Gasteiger partial charge on any atom is 0.135 e. The van der Waals surface area contributed by atoms with E-state index in [1.807, 2.05) is 48.7 Å². The molecule has 2 bridgehead atoms. The van der Waals surface area contributed by atoms with Gasteiger partial charge < -0.3 is 14.4 Å². The van der Waals surface area contributed by atoms with Crippen LogP contribution in [0.15, 0.2) is 150 Å². The molecule has 1 fully saturated rings. The molecule has 3 nitrogen and oxygen atoms in total. The van der Waals surface area contributed by atoms with Gasteiger partial charge in [-0.05, 0) is 77.2 Å². The van der Waals surface area contributed by atoms with Gasteiger partial charge in [0.25, 0.3) is 0 Å². The molecule has 1 radical (unpaired) electrons. The Balaban J connectivity index is 0.000000153. The van der Waals surface area contributed by atoms with Crippen molar-refractivity contribution in [3.63, 3.8) is 0 Å². The molecule has 51 heavy (non-hydrogen) atoms. The van der Waals surface area contributed by atoms with E-state index in [-0.39, 0.29) is 27.5 Å². The molecule has 3 aliphatic rings. The Morgan fingerprint density at radius 3 is 2.02 bits per heavy atom. The first kappa shape index (κ1) is 34.3. The summed E-state index contributed by atoms with van der Waals surface area (Å²) in [5, 5.41) is 2.30. The van der Waals surface area contributed by atoms with Gasteiger partial charge >= 0.3 is 0 Å². The van der Waals surface area contributed by atoms with Gasteiger partial charge in [0.1, 0.15) is 11.2 Å². The van der Waals surface area contributed by atoms with Crippen molar-refractivity contribution < 1.29 is 24.5 Å². The SMILES string of the molecule is C.[Ir].[c-]1cc2c(cc1-c1cc(-c3ccccc3)ccn1)C1CCC2CC1.[c-]1ccc(-c2ccc3c(c2)oc2ccccc23)cc1-c1ccccn1. The Labute approximate surface area is 313 Å². The number of pyridine rings is 2. The molecule has 4 heteroatoms. The van der Waals surface area contributed by atoms with Crippen molar-refractivity contribution in [2.45, 2.75) is 44.9 Å². The summed E-state index contributed by atoms with van der Waals surface area (Å²) < 4.78 is 6.01. The molecule has 3 aliphatic carbocycles. The minimum Gasteiger partial charge on any atom is -0.456 e. The van der Waals surface area contributed by atoms with Crippen LogP contribution in [0.4, 0.5) is 0 Å². The second-order valence-corrected chi connectivity index (χ2v) is 13.1. The van der Waals surface area contributed by atoms with Gasteiger partial charge in [-0.2, -0.15) is 0 Å². The molecule has 0 aliphatic heterocycles. The first-order valence-electron chi connectivity index (χ1n) is 17.2. The van der Waals surface area contributed by atoms with Crippen molar-refractivity contribution in [1.82, 2.24) is 9.97 Å². The number of nitrogens with zero attached hydrogens (tertiary/aromatic N) is 2. The van der Waals surface area contributed by atoms with E-state index in [2.05, 4.69) is 113 Å². The molecule has 0 atom stereocenters. The number of furan rings is 1. The van der Waals surface area contributed by atoms with Gasteiger partial charge in [-0.1, -0.05) is 99.0 Å². The fourth-order valence-electron chi connectivity index (χ4n) is 7.70. The average Bonchev–Trinajstić information content (AvgIpc) is 3.57. The van der Waals surface area contributed by atoms with E-state index >= 15 is 0 Å². The number of hydrogen-bond acceptors (Lipinski definition) is 3. The first-order chi connectivity index (χ1) is 24.3. The number of benzene rings is 5. The van der Waals surface area contributed by atoms with E-state index < -0.39 is 0 Å². The van der Waals surface area contributed by atoms with E-state index in [4.69, 9.17) is 4.42 Å². The van der Waals surface area contributed by atoms with Crippen molar-refractivity contribution in [1.29, 1.82) is 0 Å². The number of hydrogen-bond donors (Lipinski definition) is 0. The monoisotopic (exact) mass is 839 g/mol. The normalized spacial score (nSPS) is 15.6. The Morgan fingerprint density at radius 2 is 1.20 bits per heavy atom. The molecular formula is C47H38IrN2O-2. The van der Waals surface area contributed by atoms with Crippen LogP contribution in [0.2, 0.25) is 0 Å². The summed E-state index contributed by atoms with van der Waals surface area (Å²) in [5.74, 6) is 1.54. The zero-order chi connectivity index (χ0) is 32.6. The van der Waals surface area contributed by atoms with Gasteiger partial charge in [0.15, 0.2) is 0 Å². The molecule has 3 aromatic heterocycles. The van der Waals surface area contributed by atoms with Crippen molar-refractivity contribution in [2.75, 3.05) is 0 Å². The van der Waals surface area contributed by atoms with Crippen LogP contribution in [0.3, 0.4) is 0 Å². The third kappa shape index (κ3) is 6.82. The fraction of sp³-hybridized carbons (Fsp3) is 0.149. The topological polar surface area (TPSA) is 38.9 Å². The number of rotatable bonds is 4. The summed E-state index contributed by atoms with van der Waals surface area (Å²) in [6.07, 6.45) is 9.17. The zero-order valence-electron chi connectivity index (χ0n) is 27.5. The van der Waals surface area contributed by atoms with Crippen molar-refractivity contribution in [2.24, 2.45) is 0 Å². The molecule has 11 rings (SSSR count). The van der Waals surface area contributed by atoms with E-state index in [0.717, 1.165) is 67.4 Å². The van der Waals surface area contributed by atoms with Crippen LogP contribution in [-0.4, -0.2) is 9.97 Å². The van der Waals surface area contributed by atoms with Gasteiger partial charge in [0, 0.05) is 43.3 Å². The van der Waals surface area contributed by atoms with Crippen LogP contribution in [0.25, 0.3) is 66.7 Å². The molecule has 0 saturated heterocycles. The van der Waals surface area contributed by atoms with Crippen LogP contribution in [-0.2, 0) is 20.1 Å². The minimum absolute atomic E-state index is 0. The van der Waals surface area contributed by atoms with Crippen LogP contribution in [0.1, 0.15) is 56.1 Å². The van der Waals surface area contributed by atoms with Crippen molar-refractivity contribution >= 4 is 21.9 Å². The van der Waals surface area contributed by atoms with E-state index in [1.165, 1.54) is 36.8 Å². The summed E-state index contributed by atoms with van der Waals surface area (Å²) >= 11 is 0. The zero-order valence-corrected chi connectivity index (χ0v) is 29.9. The number of fused-ring (bicyclic) bond motifs is 5. The molecule has 8 aromatic rings. The third-order valence-corrected chi connectivity index (χ3v) is 10.2. The minimum atomic E-state index is 0. The van der Waals surface area contributed by atoms with Gasteiger partial charge in [-0.25, -0.2) is 0 Å². The largest absolute Gasteiger partial charge is 0.456 e. The standard InChI is InChI=1S/C23H14NO.C23H20N.CH4.Ir/c1-2-10-22-19(8-1)20-12-11-17(15-23(20)25-22)16-6-5-7-18(14-16)21-9-3-4-13-24-21;1-2-4-16(5-3-1)19-12-13-24-23(15-19)20-10-11-21-17-6-8-18(9-7-17)22(21)14-20;;/h1-6,8-15H;1-5,11-15,17-18H,6-9H2;1H4;/q2*-1;;. The van der Waals surface area contributed by atoms with E-state index in [1.54, 1.807) is 17.3 Å². The summed E-state index contributed by atoms with van der Waals surface area (Å²) in [4.78, 5) is 9.03. The summed E-state index contributed by atoms with van der Waals surface area (Å²) in [6.45, 7) is 0. The molecule has 0 unspecified atom stereocenters. The van der Waals surface area contributed by atoms with Gasteiger partial charge in [-0.15, -0.1) is 70.3 Å². The second-order valence-electron chi connectivity index (χ2n) is 13.1. The van der Waals surface area contributed by atoms with Crippen molar-refractivity contribution in [3.05, 3.63) is 169 Å². The smallest absolute Gasteiger partial charge is 0.135 e. The average molecular weight is 839 g/mol. The third-order valence-electron chi connectivity index (χ3n) is 10.2. The van der Waals surface area contributed by atoms with Crippen LogP contribution >= 0.6 is 0 Å². The molecular weight excluding hydrogens is 801 g/mol. The van der Waals surface area contributed by atoms with E-state index in [9.17, 15) is 0 Å². The maximum atomic E-state index is 6.01. The number of aromatic nitrogens is 2. The Kier molecular flexibility index (Phi) is 10.1. The predicted octanol–water partition coefficient (Wildman–Crippen LogP) is 12.7. The Hall–Kier alpha value is -5.15. The van der Waals surface area contributed by atoms with Crippen molar-refractivity contribution in [3.8, 4) is 44.8 Å². The molecule has 5 aromatic carbocycles. The fourth-order valence-corrected chi connectivity index (χ4v) is 7.70. The first-order valence-corrected chi connectivity index (χ1v) is 17.2. The number of para-hydroxylation sites is 1. The van der Waals surface area contributed by atoms with E-state index in [0.29, 0.717) is 0 Å². The molecule has 253 valence electrons. The van der Waals surface area contributed by atoms with Gasteiger partial charge in [-0.3, -0.25) is 0 Å².